The van der Waals surface area contributed by atoms with Crippen LogP contribution in [0.4, 0.5) is 4.79 Å². The molecule has 1 saturated carbocycles. The zero-order chi connectivity index (χ0) is 18.7. The lowest BCUT2D eigenvalue weighted by Gasteiger charge is -2.35. The maximum absolute atomic E-state index is 12.5. The molecule has 2 aliphatic rings. The van der Waals surface area contributed by atoms with Gasteiger partial charge in [0.2, 0.25) is 5.91 Å². The van der Waals surface area contributed by atoms with Gasteiger partial charge in [-0.25, -0.2) is 4.79 Å². The van der Waals surface area contributed by atoms with Crippen molar-refractivity contribution in [3.8, 4) is 0 Å². The van der Waals surface area contributed by atoms with Crippen molar-refractivity contribution in [3.05, 3.63) is 34.9 Å². The summed E-state index contributed by atoms with van der Waals surface area (Å²) in [5, 5.41) is 3.83. The van der Waals surface area contributed by atoms with Crippen LogP contribution in [0.3, 0.4) is 0 Å². The van der Waals surface area contributed by atoms with Crippen molar-refractivity contribution in [2.75, 3.05) is 32.7 Å². The van der Waals surface area contributed by atoms with E-state index in [2.05, 4.69) is 31.3 Å². The SMILES string of the molecule is CC(C)CC(=O)N1CCN(C(=O)NCC2(c3ccc(Cl)cc3)CC2)CC1. The van der Waals surface area contributed by atoms with Crippen molar-refractivity contribution in [1.29, 1.82) is 0 Å². The summed E-state index contributed by atoms with van der Waals surface area (Å²) in [4.78, 5) is 28.3. The molecule has 0 atom stereocenters. The Hall–Kier alpha value is -1.75. The highest BCUT2D eigenvalue weighted by Crippen LogP contribution is 2.47. The standard InChI is InChI=1S/C20H28ClN3O2/c1-15(2)13-18(25)23-9-11-24(12-10-23)19(26)22-14-20(7-8-20)16-3-5-17(21)6-4-16/h3-6,15H,7-14H2,1-2H3,(H,22,26). The van der Waals surface area contributed by atoms with Crippen molar-refractivity contribution < 1.29 is 9.59 Å². The Kier molecular flexibility index (Phi) is 5.76. The van der Waals surface area contributed by atoms with E-state index in [1.165, 1.54) is 5.56 Å². The molecule has 1 heterocycles. The zero-order valence-electron chi connectivity index (χ0n) is 15.6. The van der Waals surface area contributed by atoms with Crippen LogP contribution in [0.25, 0.3) is 0 Å². The van der Waals surface area contributed by atoms with Gasteiger partial charge in [0.05, 0.1) is 0 Å². The number of carbonyl (C=O) groups excluding carboxylic acids is 2. The van der Waals surface area contributed by atoms with Gasteiger partial charge in [-0.15, -0.1) is 0 Å². The van der Waals surface area contributed by atoms with Crippen molar-refractivity contribution in [1.82, 2.24) is 15.1 Å². The third kappa shape index (κ3) is 4.50. The predicted octanol–water partition coefficient (Wildman–Crippen LogP) is 3.27. The number of benzene rings is 1. The van der Waals surface area contributed by atoms with Gasteiger partial charge in [-0.05, 0) is 36.5 Å². The Morgan fingerprint density at radius 1 is 1.08 bits per heavy atom. The average Bonchev–Trinajstić information content (AvgIpc) is 3.41. The molecule has 0 spiro atoms. The molecule has 1 aromatic rings. The smallest absolute Gasteiger partial charge is 0.317 e. The minimum absolute atomic E-state index is 0.0267. The number of carbonyl (C=O) groups is 2. The Labute approximate surface area is 160 Å². The third-order valence-corrected chi connectivity index (χ3v) is 5.64. The van der Waals surface area contributed by atoms with Crippen LogP contribution < -0.4 is 5.32 Å². The molecule has 1 aromatic carbocycles. The van der Waals surface area contributed by atoms with Crippen LogP contribution in [-0.4, -0.2) is 54.5 Å². The maximum Gasteiger partial charge on any atom is 0.317 e. The van der Waals surface area contributed by atoms with Gasteiger partial charge in [-0.1, -0.05) is 37.6 Å². The quantitative estimate of drug-likeness (QED) is 0.856. The maximum atomic E-state index is 12.5. The molecule has 0 radical (unpaired) electrons. The molecule has 0 bridgehead atoms. The first kappa shape index (κ1) is 19.0. The number of nitrogens with zero attached hydrogens (tertiary/aromatic N) is 2. The lowest BCUT2D eigenvalue weighted by atomic mass is 9.96. The van der Waals surface area contributed by atoms with E-state index in [9.17, 15) is 9.59 Å². The van der Waals surface area contributed by atoms with Gasteiger partial charge in [0, 0.05) is 49.6 Å². The van der Waals surface area contributed by atoms with E-state index in [1.54, 1.807) is 0 Å². The predicted molar refractivity (Wildman–Crippen MR) is 103 cm³/mol. The fraction of sp³-hybridized carbons (Fsp3) is 0.600. The molecule has 6 heteroatoms. The largest absolute Gasteiger partial charge is 0.339 e. The van der Waals surface area contributed by atoms with E-state index in [1.807, 2.05) is 21.9 Å². The van der Waals surface area contributed by atoms with Crippen LogP contribution in [0.15, 0.2) is 24.3 Å². The summed E-state index contributed by atoms with van der Waals surface area (Å²) >= 11 is 5.97. The van der Waals surface area contributed by atoms with E-state index >= 15 is 0 Å². The molecule has 0 aromatic heterocycles. The summed E-state index contributed by atoms with van der Waals surface area (Å²) in [6.45, 7) is 7.21. The fourth-order valence-electron chi connectivity index (χ4n) is 3.52. The third-order valence-electron chi connectivity index (χ3n) is 5.39. The summed E-state index contributed by atoms with van der Waals surface area (Å²) in [7, 11) is 0. The van der Waals surface area contributed by atoms with Gasteiger partial charge in [-0.2, -0.15) is 0 Å². The van der Waals surface area contributed by atoms with E-state index in [0.717, 1.165) is 17.9 Å². The molecule has 1 aliphatic carbocycles. The van der Waals surface area contributed by atoms with Gasteiger partial charge in [0.1, 0.15) is 0 Å². The van der Waals surface area contributed by atoms with Crippen LogP contribution in [0.5, 0.6) is 0 Å². The molecule has 3 amide bonds. The number of piperazine rings is 1. The normalized spacial score (nSPS) is 18.8. The second-order valence-corrected chi connectivity index (χ2v) is 8.35. The van der Waals surface area contributed by atoms with E-state index < -0.39 is 0 Å². The minimum Gasteiger partial charge on any atom is -0.339 e. The fourth-order valence-corrected chi connectivity index (χ4v) is 3.64. The number of amides is 3. The van der Waals surface area contributed by atoms with E-state index in [0.29, 0.717) is 45.1 Å². The molecule has 1 N–H and O–H groups in total. The van der Waals surface area contributed by atoms with Crippen molar-refractivity contribution in [3.63, 3.8) is 0 Å². The number of rotatable bonds is 5. The number of urea groups is 1. The Balaban J connectivity index is 1.46. The highest BCUT2D eigenvalue weighted by molar-refractivity contribution is 6.30. The van der Waals surface area contributed by atoms with Crippen LogP contribution >= 0.6 is 11.6 Å². The first-order chi connectivity index (χ1) is 12.4. The number of halogens is 1. The number of hydrogen-bond acceptors (Lipinski definition) is 2. The van der Waals surface area contributed by atoms with Gasteiger partial charge < -0.3 is 15.1 Å². The Morgan fingerprint density at radius 3 is 2.19 bits per heavy atom. The molecule has 142 valence electrons. The minimum atomic E-state index is -0.0267. The zero-order valence-corrected chi connectivity index (χ0v) is 16.4. The summed E-state index contributed by atoms with van der Waals surface area (Å²) in [6, 6.07) is 7.90. The van der Waals surface area contributed by atoms with Gasteiger partial charge in [-0.3, -0.25) is 4.79 Å². The molecule has 5 nitrogen and oxygen atoms in total. The topological polar surface area (TPSA) is 52.7 Å². The van der Waals surface area contributed by atoms with Crippen LogP contribution in [-0.2, 0) is 10.2 Å². The first-order valence-corrected chi connectivity index (χ1v) is 9.84. The molecular weight excluding hydrogens is 350 g/mol. The average molecular weight is 378 g/mol. The molecule has 26 heavy (non-hydrogen) atoms. The molecule has 1 aliphatic heterocycles. The summed E-state index contributed by atoms with van der Waals surface area (Å²) in [5.41, 5.74) is 1.31. The monoisotopic (exact) mass is 377 g/mol. The molecule has 3 rings (SSSR count). The molecule has 2 fully saturated rings. The van der Waals surface area contributed by atoms with Gasteiger partial charge >= 0.3 is 6.03 Å². The van der Waals surface area contributed by atoms with Crippen molar-refractivity contribution in [2.24, 2.45) is 5.92 Å². The van der Waals surface area contributed by atoms with Gasteiger partial charge in [0.25, 0.3) is 0 Å². The van der Waals surface area contributed by atoms with E-state index in [-0.39, 0.29) is 17.4 Å². The van der Waals surface area contributed by atoms with Crippen LogP contribution in [0, 0.1) is 5.92 Å². The van der Waals surface area contributed by atoms with E-state index in [4.69, 9.17) is 11.6 Å². The number of nitrogens with one attached hydrogen (secondary N) is 1. The molecule has 1 saturated heterocycles. The second kappa shape index (κ2) is 7.87. The Bertz CT molecular complexity index is 648. The van der Waals surface area contributed by atoms with Gasteiger partial charge in [0.15, 0.2) is 0 Å². The highest BCUT2D eigenvalue weighted by Gasteiger charge is 2.44. The Morgan fingerprint density at radius 2 is 1.65 bits per heavy atom. The summed E-state index contributed by atoms with van der Waals surface area (Å²) < 4.78 is 0. The van der Waals surface area contributed by atoms with Crippen molar-refractivity contribution >= 4 is 23.5 Å². The van der Waals surface area contributed by atoms with Crippen molar-refractivity contribution in [2.45, 2.75) is 38.5 Å². The highest BCUT2D eigenvalue weighted by atomic mass is 35.5. The lowest BCUT2D eigenvalue weighted by Crippen LogP contribution is -2.54. The summed E-state index contributed by atoms with van der Waals surface area (Å²) in [5.74, 6) is 0.561. The lowest BCUT2D eigenvalue weighted by molar-refractivity contribution is -0.133. The summed E-state index contributed by atoms with van der Waals surface area (Å²) in [6.07, 6.45) is 2.76. The van der Waals surface area contributed by atoms with Crippen LogP contribution in [0.1, 0.15) is 38.7 Å². The first-order valence-electron chi connectivity index (χ1n) is 9.46. The second-order valence-electron chi connectivity index (χ2n) is 7.91. The van der Waals surface area contributed by atoms with Crippen LogP contribution in [0.2, 0.25) is 5.02 Å². The molecular formula is C20H28ClN3O2. The molecule has 0 unspecified atom stereocenters. The number of hydrogen-bond donors (Lipinski definition) is 1.